The number of aromatic nitrogens is 1. The Bertz CT molecular complexity index is 900. The van der Waals surface area contributed by atoms with Crippen molar-refractivity contribution in [2.24, 2.45) is 0 Å². The van der Waals surface area contributed by atoms with E-state index in [9.17, 15) is 9.18 Å². The van der Waals surface area contributed by atoms with Gasteiger partial charge >= 0.3 is 0 Å². The normalized spacial score (nSPS) is 10.4. The fourth-order valence-corrected chi connectivity index (χ4v) is 2.64. The van der Waals surface area contributed by atoms with Crippen LogP contribution in [0, 0.1) is 5.82 Å². The number of pyridine rings is 1. The zero-order chi connectivity index (χ0) is 18.4. The topological polar surface area (TPSA) is 54.0 Å². The summed E-state index contributed by atoms with van der Waals surface area (Å²) < 4.78 is 13.2. The molecule has 2 aromatic carbocycles. The third-order valence-corrected chi connectivity index (χ3v) is 3.95. The Morgan fingerprint density at radius 2 is 1.92 bits per heavy atom. The average molecular weight is 370 g/mol. The summed E-state index contributed by atoms with van der Waals surface area (Å²) in [6.45, 7) is 0.502. The van der Waals surface area contributed by atoms with Crippen molar-refractivity contribution in [2.75, 3.05) is 11.9 Å². The van der Waals surface area contributed by atoms with Crippen LogP contribution in [-0.4, -0.2) is 17.4 Å². The highest BCUT2D eigenvalue weighted by Crippen LogP contribution is 2.15. The number of anilines is 2. The lowest BCUT2D eigenvalue weighted by molar-refractivity contribution is 0.0954. The second-order valence-corrected chi connectivity index (χ2v) is 6.14. The Balaban J connectivity index is 1.53. The molecule has 3 aromatic rings. The maximum atomic E-state index is 13.2. The SMILES string of the molecule is O=C(NCCc1cccc(Cl)c1)c1ccc(Nc2cccc(F)c2)nc1. The molecule has 3 rings (SSSR count). The number of nitrogens with zero attached hydrogens (tertiary/aromatic N) is 1. The van der Waals surface area contributed by atoms with E-state index in [1.807, 2.05) is 24.3 Å². The van der Waals surface area contributed by atoms with E-state index in [4.69, 9.17) is 11.6 Å². The van der Waals surface area contributed by atoms with Gasteiger partial charge in [-0.15, -0.1) is 0 Å². The molecule has 0 unspecified atom stereocenters. The van der Waals surface area contributed by atoms with Gasteiger partial charge in [0.25, 0.3) is 5.91 Å². The van der Waals surface area contributed by atoms with Crippen molar-refractivity contribution in [1.29, 1.82) is 0 Å². The van der Waals surface area contributed by atoms with Gasteiger partial charge in [-0.25, -0.2) is 9.37 Å². The van der Waals surface area contributed by atoms with Crippen LogP contribution in [-0.2, 0) is 6.42 Å². The smallest absolute Gasteiger partial charge is 0.252 e. The van der Waals surface area contributed by atoms with E-state index < -0.39 is 0 Å². The fraction of sp³-hybridized carbons (Fsp3) is 0.100. The molecule has 0 atom stereocenters. The summed E-state index contributed by atoms with van der Waals surface area (Å²) in [5, 5.41) is 6.52. The zero-order valence-corrected chi connectivity index (χ0v) is 14.6. The van der Waals surface area contributed by atoms with Crippen LogP contribution >= 0.6 is 11.6 Å². The summed E-state index contributed by atoms with van der Waals surface area (Å²) in [6, 6.07) is 17.0. The first-order valence-electron chi connectivity index (χ1n) is 8.11. The Hall–Kier alpha value is -2.92. The molecule has 132 valence electrons. The van der Waals surface area contributed by atoms with E-state index in [1.165, 1.54) is 18.3 Å². The van der Waals surface area contributed by atoms with E-state index in [0.29, 0.717) is 35.1 Å². The number of halogens is 2. The van der Waals surface area contributed by atoms with Gasteiger partial charge in [0.15, 0.2) is 0 Å². The molecule has 0 radical (unpaired) electrons. The second-order valence-electron chi connectivity index (χ2n) is 5.70. The molecule has 0 aliphatic carbocycles. The van der Waals surface area contributed by atoms with E-state index in [-0.39, 0.29) is 11.7 Å². The second kappa shape index (κ2) is 8.45. The summed E-state index contributed by atoms with van der Waals surface area (Å²) in [5.41, 5.74) is 2.11. The number of carbonyl (C=O) groups excluding carboxylic acids is 1. The first-order valence-corrected chi connectivity index (χ1v) is 8.49. The van der Waals surface area contributed by atoms with Crippen molar-refractivity contribution in [2.45, 2.75) is 6.42 Å². The predicted molar refractivity (Wildman–Crippen MR) is 101 cm³/mol. The van der Waals surface area contributed by atoms with Gasteiger partial charge in [-0.1, -0.05) is 29.8 Å². The number of hydrogen-bond donors (Lipinski definition) is 2. The lowest BCUT2D eigenvalue weighted by Gasteiger charge is -2.08. The van der Waals surface area contributed by atoms with Crippen molar-refractivity contribution in [1.82, 2.24) is 10.3 Å². The van der Waals surface area contributed by atoms with Gasteiger partial charge in [0.05, 0.1) is 5.56 Å². The maximum absolute atomic E-state index is 13.2. The quantitative estimate of drug-likeness (QED) is 0.668. The van der Waals surface area contributed by atoms with E-state index in [2.05, 4.69) is 15.6 Å². The molecule has 0 saturated heterocycles. The van der Waals surface area contributed by atoms with Crippen molar-refractivity contribution < 1.29 is 9.18 Å². The monoisotopic (exact) mass is 369 g/mol. The lowest BCUT2D eigenvalue weighted by atomic mass is 10.1. The molecule has 2 N–H and O–H groups in total. The molecule has 0 spiro atoms. The summed E-state index contributed by atoms with van der Waals surface area (Å²) >= 11 is 5.94. The summed E-state index contributed by atoms with van der Waals surface area (Å²) in [5.74, 6) is 0.00797. The minimum atomic E-state index is -0.328. The summed E-state index contributed by atoms with van der Waals surface area (Å²) in [6.07, 6.45) is 2.18. The molecule has 0 fully saturated rings. The minimum absolute atomic E-state index is 0.197. The van der Waals surface area contributed by atoms with Crippen molar-refractivity contribution in [3.05, 3.63) is 88.8 Å². The van der Waals surface area contributed by atoms with Gasteiger partial charge in [0.1, 0.15) is 11.6 Å². The van der Waals surface area contributed by atoms with Gasteiger partial charge < -0.3 is 10.6 Å². The number of hydrogen-bond acceptors (Lipinski definition) is 3. The van der Waals surface area contributed by atoms with Crippen LogP contribution in [0.1, 0.15) is 15.9 Å². The van der Waals surface area contributed by atoms with E-state index in [0.717, 1.165) is 5.56 Å². The molecule has 6 heteroatoms. The highest BCUT2D eigenvalue weighted by Gasteiger charge is 2.06. The Kier molecular flexibility index (Phi) is 5.81. The van der Waals surface area contributed by atoms with Crippen LogP contribution in [0.25, 0.3) is 0 Å². The fourth-order valence-electron chi connectivity index (χ4n) is 2.43. The molecule has 1 amide bonds. The Morgan fingerprint density at radius 1 is 1.08 bits per heavy atom. The van der Waals surface area contributed by atoms with Crippen molar-refractivity contribution >= 4 is 29.0 Å². The highest BCUT2D eigenvalue weighted by atomic mass is 35.5. The third kappa shape index (κ3) is 5.04. The summed E-state index contributed by atoms with van der Waals surface area (Å²) in [7, 11) is 0. The molecule has 0 bridgehead atoms. The van der Waals surface area contributed by atoms with Crippen LogP contribution in [0.3, 0.4) is 0 Å². The van der Waals surface area contributed by atoms with E-state index >= 15 is 0 Å². The Labute approximate surface area is 156 Å². The molecular weight excluding hydrogens is 353 g/mol. The van der Waals surface area contributed by atoms with Crippen molar-refractivity contribution in [3.63, 3.8) is 0 Å². The minimum Gasteiger partial charge on any atom is -0.352 e. The van der Waals surface area contributed by atoms with Crippen LogP contribution in [0.5, 0.6) is 0 Å². The Morgan fingerprint density at radius 3 is 2.65 bits per heavy atom. The average Bonchev–Trinajstić information content (AvgIpc) is 2.62. The molecule has 0 saturated carbocycles. The van der Waals surface area contributed by atoms with Gasteiger partial charge in [-0.05, 0) is 54.4 Å². The van der Waals surface area contributed by atoms with E-state index in [1.54, 1.807) is 24.3 Å². The molecule has 26 heavy (non-hydrogen) atoms. The van der Waals surface area contributed by atoms with Gasteiger partial charge in [-0.2, -0.15) is 0 Å². The molecule has 0 aliphatic rings. The largest absolute Gasteiger partial charge is 0.352 e. The molecule has 0 aliphatic heterocycles. The van der Waals surface area contributed by atoms with Crippen molar-refractivity contribution in [3.8, 4) is 0 Å². The number of nitrogens with one attached hydrogen (secondary N) is 2. The predicted octanol–water partition coefficient (Wildman–Crippen LogP) is 4.59. The third-order valence-electron chi connectivity index (χ3n) is 3.71. The van der Waals surface area contributed by atoms with Gasteiger partial charge in [-0.3, -0.25) is 4.79 Å². The summed E-state index contributed by atoms with van der Waals surface area (Å²) in [4.78, 5) is 16.4. The molecule has 1 aromatic heterocycles. The number of benzene rings is 2. The first kappa shape index (κ1) is 17.9. The standard InChI is InChI=1S/C20H17ClFN3O/c21-16-4-1-3-14(11-16)9-10-23-20(26)15-7-8-19(24-13-15)25-18-6-2-5-17(22)12-18/h1-8,11-13H,9-10H2,(H,23,26)(H,24,25). The highest BCUT2D eigenvalue weighted by molar-refractivity contribution is 6.30. The van der Waals surface area contributed by atoms with Crippen LogP contribution in [0.15, 0.2) is 66.9 Å². The number of amides is 1. The van der Waals surface area contributed by atoms with Crippen LogP contribution in [0.4, 0.5) is 15.9 Å². The van der Waals surface area contributed by atoms with Crippen LogP contribution < -0.4 is 10.6 Å². The van der Waals surface area contributed by atoms with Gasteiger partial charge in [0.2, 0.25) is 0 Å². The maximum Gasteiger partial charge on any atom is 0.252 e. The molecular formula is C20H17ClFN3O. The zero-order valence-electron chi connectivity index (χ0n) is 13.9. The molecule has 1 heterocycles. The van der Waals surface area contributed by atoms with Crippen LogP contribution in [0.2, 0.25) is 5.02 Å². The number of rotatable bonds is 6. The molecule has 4 nitrogen and oxygen atoms in total. The lowest BCUT2D eigenvalue weighted by Crippen LogP contribution is -2.25. The van der Waals surface area contributed by atoms with Gasteiger partial charge in [0, 0.05) is 23.5 Å². The number of carbonyl (C=O) groups is 1. The first-order chi connectivity index (χ1) is 12.6.